The smallest absolute Gasteiger partial charge is 0.224 e. The molecule has 2 aromatic rings. The van der Waals surface area contributed by atoms with E-state index < -0.39 is 0 Å². The minimum atomic E-state index is -0.269. The van der Waals surface area contributed by atoms with Crippen LogP contribution in [0.3, 0.4) is 0 Å². The lowest BCUT2D eigenvalue weighted by Gasteiger charge is -2.11. The predicted octanol–water partition coefficient (Wildman–Crippen LogP) is 3.46. The van der Waals surface area contributed by atoms with E-state index in [1.54, 1.807) is 6.07 Å². The molecule has 1 N–H and O–H groups in total. The molecule has 3 nitrogen and oxygen atoms in total. The molecular formula is C18H21FN2O. The Kier molecular flexibility index (Phi) is 5.67. The fraction of sp³-hybridized carbons (Fsp3) is 0.278. The summed E-state index contributed by atoms with van der Waals surface area (Å²) in [6.07, 6.45) is 0.863. The molecule has 0 aliphatic rings. The van der Waals surface area contributed by atoms with Gasteiger partial charge < -0.3 is 10.2 Å². The van der Waals surface area contributed by atoms with Crippen LogP contribution in [0, 0.1) is 5.82 Å². The van der Waals surface area contributed by atoms with Crippen LogP contribution >= 0.6 is 0 Å². The molecule has 0 unspecified atom stereocenters. The van der Waals surface area contributed by atoms with Gasteiger partial charge in [0.15, 0.2) is 0 Å². The van der Waals surface area contributed by atoms with E-state index in [1.165, 1.54) is 12.1 Å². The van der Waals surface area contributed by atoms with Crippen molar-refractivity contribution in [3.63, 3.8) is 0 Å². The van der Waals surface area contributed by atoms with E-state index in [2.05, 4.69) is 10.2 Å². The van der Waals surface area contributed by atoms with Crippen LogP contribution < -0.4 is 5.32 Å². The summed E-state index contributed by atoms with van der Waals surface area (Å²) in [6.45, 7) is 0.826. The molecule has 0 aromatic heterocycles. The Balaban J connectivity index is 1.89. The van der Waals surface area contributed by atoms with Gasteiger partial charge in [-0.1, -0.05) is 24.3 Å². The van der Waals surface area contributed by atoms with Crippen LogP contribution in [0.4, 0.5) is 10.1 Å². The molecule has 22 heavy (non-hydrogen) atoms. The molecule has 116 valence electrons. The number of hydrogen-bond acceptors (Lipinski definition) is 2. The zero-order chi connectivity index (χ0) is 15.9. The van der Waals surface area contributed by atoms with Crippen LogP contribution in [0.1, 0.15) is 17.5 Å². The summed E-state index contributed by atoms with van der Waals surface area (Å²) in [7, 11) is 4.01. The standard InChI is InChI=1S/C18H21FN2O/c1-21(2)13-15-6-4-8-17(12-15)20-18(22)10-9-14-5-3-7-16(19)11-14/h3-8,11-12H,9-10,13H2,1-2H3,(H,20,22). The number of carbonyl (C=O) groups excluding carboxylic acids is 1. The van der Waals surface area contributed by atoms with Crippen molar-refractivity contribution in [3.8, 4) is 0 Å². The van der Waals surface area contributed by atoms with Crippen LogP contribution in [0.5, 0.6) is 0 Å². The summed E-state index contributed by atoms with van der Waals surface area (Å²) in [5, 5.41) is 2.89. The second-order valence-electron chi connectivity index (χ2n) is 5.62. The highest BCUT2D eigenvalue weighted by atomic mass is 19.1. The van der Waals surface area contributed by atoms with Crippen LogP contribution in [-0.2, 0) is 17.8 Å². The molecule has 0 fully saturated rings. The monoisotopic (exact) mass is 300 g/mol. The number of hydrogen-bond donors (Lipinski definition) is 1. The second-order valence-corrected chi connectivity index (χ2v) is 5.62. The summed E-state index contributed by atoms with van der Waals surface area (Å²) in [4.78, 5) is 14.1. The maximum absolute atomic E-state index is 13.1. The summed E-state index contributed by atoms with van der Waals surface area (Å²) >= 11 is 0. The molecule has 0 radical (unpaired) electrons. The van der Waals surface area contributed by atoms with Gasteiger partial charge in [-0.3, -0.25) is 4.79 Å². The van der Waals surface area contributed by atoms with E-state index in [0.717, 1.165) is 23.4 Å². The zero-order valence-corrected chi connectivity index (χ0v) is 13.0. The summed E-state index contributed by atoms with van der Waals surface area (Å²) in [6, 6.07) is 14.2. The Morgan fingerprint density at radius 1 is 1.09 bits per heavy atom. The molecule has 0 heterocycles. The third-order valence-corrected chi connectivity index (χ3v) is 3.24. The first-order valence-corrected chi connectivity index (χ1v) is 7.31. The number of amides is 1. The van der Waals surface area contributed by atoms with Gasteiger partial charge in [0.05, 0.1) is 0 Å². The largest absolute Gasteiger partial charge is 0.326 e. The first kappa shape index (κ1) is 16.2. The Bertz CT molecular complexity index is 640. The first-order valence-electron chi connectivity index (χ1n) is 7.31. The van der Waals surface area contributed by atoms with Gasteiger partial charge in [-0.15, -0.1) is 0 Å². The number of nitrogens with zero attached hydrogens (tertiary/aromatic N) is 1. The molecular weight excluding hydrogens is 279 g/mol. The topological polar surface area (TPSA) is 32.3 Å². The van der Waals surface area contributed by atoms with E-state index in [1.807, 2.05) is 44.4 Å². The molecule has 0 saturated carbocycles. The highest BCUT2D eigenvalue weighted by molar-refractivity contribution is 5.90. The Hall–Kier alpha value is -2.20. The van der Waals surface area contributed by atoms with E-state index >= 15 is 0 Å². The van der Waals surface area contributed by atoms with Crippen molar-refractivity contribution in [1.82, 2.24) is 4.90 Å². The molecule has 2 aromatic carbocycles. The highest BCUT2D eigenvalue weighted by Gasteiger charge is 2.05. The molecule has 0 spiro atoms. The van der Waals surface area contributed by atoms with Gasteiger partial charge >= 0.3 is 0 Å². The summed E-state index contributed by atoms with van der Waals surface area (Å²) in [5.41, 5.74) is 2.77. The summed E-state index contributed by atoms with van der Waals surface area (Å²) in [5.74, 6) is -0.333. The fourth-order valence-electron chi connectivity index (χ4n) is 2.29. The molecule has 0 bridgehead atoms. The normalized spacial score (nSPS) is 10.7. The fourth-order valence-corrected chi connectivity index (χ4v) is 2.29. The van der Waals surface area contributed by atoms with Gasteiger partial charge in [-0.05, 0) is 55.9 Å². The van der Waals surface area contributed by atoms with Crippen LogP contribution in [0.25, 0.3) is 0 Å². The summed E-state index contributed by atoms with van der Waals surface area (Å²) < 4.78 is 13.1. The Morgan fingerprint density at radius 2 is 1.82 bits per heavy atom. The third kappa shape index (κ3) is 5.30. The number of rotatable bonds is 6. The molecule has 2 rings (SSSR count). The lowest BCUT2D eigenvalue weighted by atomic mass is 10.1. The van der Waals surface area contributed by atoms with Gasteiger partial charge in [0.2, 0.25) is 5.91 Å². The number of benzene rings is 2. The molecule has 0 aliphatic carbocycles. The first-order chi connectivity index (χ1) is 10.5. The van der Waals surface area contributed by atoms with Crippen molar-refractivity contribution < 1.29 is 9.18 Å². The van der Waals surface area contributed by atoms with Crippen molar-refractivity contribution in [3.05, 3.63) is 65.5 Å². The number of aryl methyl sites for hydroxylation is 1. The number of halogens is 1. The molecule has 0 aliphatic heterocycles. The zero-order valence-electron chi connectivity index (χ0n) is 13.0. The Morgan fingerprint density at radius 3 is 2.55 bits per heavy atom. The predicted molar refractivity (Wildman–Crippen MR) is 87.2 cm³/mol. The SMILES string of the molecule is CN(C)Cc1cccc(NC(=O)CCc2cccc(F)c2)c1. The number of nitrogens with one attached hydrogen (secondary N) is 1. The third-order valence-electron chi connectivity index (χ3n) is 3.24. The average molecular weight is 300 g/mol. The minimum absolute atomic E-state index is 0.0636. The van der Waals surface area contributed by atoms with Crippen LogP contribution in [0.2, 0.25) is 0 Å². The van der Waals surface area contributed by atoms with Gasteiger partial charge in [-0.2, -0.15) is 0 Å². The van der Waals surface area contributed by atoms with E-state index in [0.29, 0.717) is 12.8 Å². The Labute approximate surface area is 130 Å². The highest BCUT2D eigenvalue weighted by Crippen LogP contribution is 2.13. The molecule has 4 heteroatoms. The van der Waals surface area contributed by atoms with Crippen molar-refractivity contribution in [2.75, 3.05) is 19.4 Å². The van der Waals surface area contributed by atoms with E-state index in [9.17, 15) is 9.18 Å². The van der Waals surface area contributed by atoms with E-state index in [4.69, 9.17) is 0 Å². The van der Waals surface area contributed by atoms with Gasteiger partial charge in [0.25, 0.3) is 0 Å². The van der Waals surface area contributed by atoms with Gasteiger partial charge in [0, 0.05) is 18.7 Å². The average Bonchev–Trinajstić information content (AvgIpc) is 2.45. The number of anilines is 1. The van der Waals surface area contributed by atoms with Crippen LogP contribution in [0.15, 0.2) is 48.5 Å². The molecule has 0 saturated heterocycles. The van der Waals surface area contributed by atoms with Crippen molar-refractivity contribution in [2.45, 2.75) is 19.4 Å². The van der Waals surface area contributed by atoms with Gasteiger partial charge in [0.1, 0.15) is 5.82 Å². The van der Waals surface area contributed by atoms with Crippen molar-refractivity contribution in [2.24, 2.45) is 0 Å². The molecule has 1 amide bonds. The number of carbonyl (C=O) groups is 1. The molecule has 0 atom stereocenters. The minimum Gasteiger partial charge on any atom is -0.326 e. The quantitative estimate of drug-likeness (QED) is 0.886. The second kappa shape index (κ2) is 7.71. The lowest BCUT2D eigenvalue weighted by molar-refractivity contribution is -0.116. The van der Waals surface area contributed by atoms with Crippen LogP contribution in [-0.4, -0.2) is 24.9 Å². The maximum Gasteiger partial charge on any atom is 0.224 e. The van der Waals surface area contributed by atoms with Crippen molar-refractivity contribution >= 4 is 11.6 Å². The maximum atomic E-state index is 13.1. The lowest BCUT2D eigenvalue weighted by Crippen LogP contribution is -2.14. The van der Waals surface area contributed by atoms with Gasteiger partial charge in [-0.25, -0.2) is 4.39 Å². The van der Waals surface area contributed by atoms with E-state index in [-0.39, 0.29) is 11.7 Å². The van der Waals surface area contributed by atoms with Crippen molar-refractivity contribution in [1.29, 1.82) is 0 Å².